The molecule has 1 fully saturated rings. The molecule has 0 spiro atoms. The number of hydrogen-bond donors (Lipinski definition) is 2. The Kier molecular flexibility index (Phi) is 10.0. The van der Waals surface area contributed by atoms with Crippen LogP contribution in [-0.4, -0.2) is 55.1 Å². The molecule has 1 aromatic rings. The summed E-state index contributed by atoms with van der Waals surface area (Å²) in [5, 5.41) is 6.72. The van der Waals surface area contributed by atoms with Crippen molar-refractivity contribution in [1.82, 2.24) is 20.5 Å². The van der Waals surface area contributed by atoms with Crippen LogP contribution in [0, 0.1) is 0 Å². The highest BCUT2D eigenvalue weighted by atomic mass is 15.2. The van der Waals surface area contributed by atoms with Gasteiger partial charge in [0, 0.05) is 37.9 Å². The summed E-state index contributed by atoms with van der Waals surface area (Å²) in [4.78, 5) is 11.7. The number of pyridine rings is 1. The molecule has 0 radical (unpaired) electrons. The predicted molar refractivity (Wildman–Crippen MR) is 106 cm³/mol. The van der Waals surface area contributed by atoms with Crippen LogP contribution in [0.5, 0.6) is 0 Å². The van der Waals surface area contributed by atoms with Crippen LogP contribution in [0.15, 0.2) is 29.4 Å². The second kappa shape index (κ2) is 12.7. The molecule has 0 aromatic carbocycles. The maximum absolute atomic E-state index is 4.69. The maximum atomic E-state index is 4.69. The number of unbranched alkanes of at least 4 members (excludes halogenated alkanes) is 2. The van der Waals surface area contributed by atoms with Gasteiger partial charge in [-0.05, 0) is 64.4 Å². The standard InChI is InChI=1S/C20H35N5/c1-2-21-20(24-15-12-19-11-5-7-13-22-19)23-14-6-3-8-16-25-17-9-4-10-18-25/h5,7,11,13H,2-4,6,8-10,12,14-18H2,1H3,(H2,21,23,24). The lowest BCUT2D eigenvalue weighted by molar-refractivity contribution is 0.224. The number of nitrogens with one attached hydrogen (secondary N) is 2. The lowest BCUT2D eigenvalue weighted by atomic mass is 10.1. The fraction of sp³-hybridized carbons (Fsp3) is 0.700. The molecule has 0 aliphatic carbocycles. The largest absolute Gasteiger partial charge is 0.357 e. The quantitative estimate of drug-likeness (QED) is 0.389. The van der Waals surface area contributed by atoms with Crippen molar-refractivity contribution in [3.8, 4) is 0 Å². The van der Waals surface area contributed by atoms with E-state index in [0.717, 1.165) is 37.7 Å². The van der Waals surface area contributed by atoms with Crippen LogP contribution in [0.2, 0.25) is 0 Å². The van der Waals surface area contributed by atoms with Crippen LogP contribution in [0.25, 0.3) is 0 Å². The monoisotopic (exact) mass is 345 g/mol. The molecule has 25 heavy (non-hydrogen) atoms. The predicted octanol–water partition coefficient (Wildman–Crippen LogP) is 2.84. The highest BCUT2D eigenvalue weighted by Crippen LogP contribution is 2.09. The molecule has 1 saturated heterocycles. The number of hydrogen-bond acceptors (Lipinski definition) is 3. The Labute approximate surface area is 153 Å². The van der Waals surface area contributed by atoms with Crippen LogP contribution in [-0.2, 0) is 6.42 Å². The van der Waals surface area contributed by atoms with Gasteiger partial charge in [-0.15, -0.1) is 0 Å². The Morgan fingerprint density at radius 3 is 2.76 bits per heavy atom. The van der Waals surface area contributed by atoms with Gasteiger partial charge in [0.1, 0.15) is 0 Å². The number of rotatable bonds is 10. The first kappa shape index (κ1) is 19.7. The number of guanidine groups is 1. The van der Waals surface area contributed by atoms with E-state index in [-0.39, 0.29) is 0 Å². The lowest BCUT2D eigenvalue weighted by Crippen LogP contribution is -2.38. The molecular formula is C20H35N5. The number of aromatic nitrogens is 1. The van der Waals surface area contributed by atoms with Gasteiger partial charge >= 0.3 is 0 Å². The zero-order valence-electron chi connectivity index (χ0n) is 15.8. The molecule has 0 bridgehead atoms. The van der Waals surface area contributed by atoms with E-state index in [1.54, 1.807) is 0 Å². The Hall–Kier alpha value is -1.62. The molecule has 2 rings (SSSR count). The van der Waals surface area contributed by atoms with Crippen molar-refractivity contribution in [2.24, 2.45) is 4.99 Å². The van der Waals surface area contributed by atoms with Crippen LogP contribution < -0.4 is 10.6 Å². The summed E-state index contributed by atoms with van der Waals surface area (Å²) in [5.74, 6) is 0.925. The van der Waals surface area contributed by atoms with Gasteiger partial charge in [-0.1, -0.05) is 18.9 Å². The molecule has 0 saturated carbocycles. The summed E-state index contributed by atoms with van der Waals surface area (Å²) in [5.41, 5.74) is 1.11. The number of aliphatic imine (C=N–C) groups is 1. The van der Waals surface area contributed by atoms with Gasteiger partial charge in [0.2, 0.25) is 0 Å². The van der Waals surface area contributed by atoms with E-state index in [9.17, 15) is 0 Å². The fourth-order valence-corrected chi connectivity index (χ4v) is 3.19. The molecule has 5 heteroatoms. The Morgan fingerprint density at radius 1 is 1.12 bits per heavy atom. The van der Waals surface area contributed by atoms with Crippen molar-refractivity contribution in [2.45, 2.75) is 51.9 Å². The average Bonchev–Trinajstić information content (AvgIpc) is 2.66. The van der Waals surface area contributed by atoms with Gasteiger partial charge in [0.15, 0.2) is 5.96 Å². The van der Waals surface area contributed by atoms with Crippen molar-refractivity contribution >= 4 is 5.96 Å². The minimum absolute atomic E-state index is 0.859. The highest BCUT2D eigenvalue weighted by Gasteiger charge is 2.08. The topological polar surface area (TPSA) is 52.6 Å². The number of piperidine rings is 1. The van der Waals surface area contributed by atoms with Crippen LogP contribution in [0.3, 0.4) is 0 Å². The highest BCUT2D eigenvalue weighted by molar-refractivity contribution is 5.79. The van der Waals surface area contributed by atoms with Crippen molar-refractivity contribution in [1.29, 1.82) is 0 Å². The van der Waals surface area contributed by atoms with Gasteiger partial charge in [-0.2, -0.15) is 0 Å². The van der Waals surface area contributed by atoms with Gasteiger partial charge in [-0.25, -0.2) is 0 Å². The molecule has 1 aliphatic rings. The average molecular weight is 346 g/mol. The first-order valence-electron chi connectivity index (χ1n) is 10.0. The van der Waals surface area contributed by atoms with E-state index in [0.29, 0.717) is 0 Å². The SMILES string of the molecule is CCNC(=NCCCCCN1CCCCC1)NCCc1ccccn1. The number of likely N-dealkylation sites (tertiary alicyclic amines) is 1. The molecule has 140 valence electrons. The third kappa shape index (κ3) is 8.87. The molecule has 1 aromatic heterocycles. The summed E-state index contributed by atoms with van der Waals surface area (Å²) in [6, 6.07) is 6.05. The van der Waals surface area contributed by atoms with Crippen molar-refractivity contribution < 1.29 is 0 Å². The van der Waals surface area contributed by atoms with E-state index in [1.807, 2.05) is 18.3 Å². The number of nitrogens with zero attached hydrogens (tertiary/aromatic N) is 3. The van der Waals surface area contributed by atoms with E-state index in [2.05, 4.69) is 38.5 Å². The summed E-state index contributed by atoms with van der Waals surface area (Å²) >= 11 is 0. The van der Waals surface area contributed by atoms with Crippen molar-refractivity contribution in [2.75, 3.05) is 39.3 Å². The Morgan fingerprint density at radius 2 is 2.00 bits per heavy atom. The Balaban J connectivity index is 1.56. The van der Waals surface area contributed by atoms with Gasteiger partial charge in [0.25, 0.3) is 0 Å². The Bertz CT molecular complexity index is 468. The van der Waals surface area contributed by atoms with E-state index >= 15 is 0 Å². The molecular weight excluding hydrogens is 310 g/mol. The first-order chi connectivity index (χ1) is 12.4. The summed E-state index contributed by atoms with van der Waals surface area (Å²) in [6.07, 6.45) is 10.7. The van der Waals surface area contributed by atoms with Crippen molar-refractivity contribution in [3.05, 3.63) is 30.1 Å². The maximum Gasteiger partial charge on any atom is 0.191 e. The third-order valence-corrected chi connectivity index (χ3v) is 4.60. The van der Waals surface area contributed by atoms with E-state index in [1.165, 1.54) is 58.2 Å². The minimum Gasteiger partial charge on any atom is -0.357 e. The van der Waals surface area contributed by atoms with E-state index in [4.69, 9.17) is 0 Å². The van der Waals surface area contributed by atoms with Gasteiger partial charge in [-0.3, -0.25) is 9.98 Å². The molecule has 5 nitrogen and oxygen atoms in total. The summed E-state index contributed by atoms with van der Waals surface area (Å²) in [7, 11) is 0. The molecule has 1 aliphatic heterocycles. The first-order valence-corrected chi connectivity index (χ1v) is 10.0. The van der Waals surface area contributed by atoms with Gasteiger partial charge < -0.3 is 15.5 Å². The van der Waals surface area contributed by atoms with Crippen LogP contribution in [0.4, 0.5) is 0 Å². The molecule has 0 unspecified atom stereocenters. The van der Waals surface area contributed by atoms with Gasteiger partial charge in [0.05, 0.1) is 0 Å². The van der Waals surface area contributed by atoms with Crippen LogP contribution >= 0.6 is 0 Å². The minimum atomic E-state index is 0.859. The zero-order chi connectivity index (χ0) is 17.6. The van der Waals surface area contributed by atoms with E-state index < -0.39 is 0 Å². The smallest absolute Gasteiger partial charge is 0.191 e. The molecule has 0 atom stereocenters. The second-order valence-electron chi connectivity index (χ2n) is 6.72. The van der Waals surface area contributed by atoms with Crippen molar-refractivity contribution in [3.63, 3.8) is 0 Å². The zero-order valence-corrected chi connectivity index (χ0v) is 15.8. The summed E-state index contributed by atoms with van der Waals surface area (Å²) in [6.45, 7) is 8.65. The summed E-state index contributed by atoms with van der Waals surface area (Å²) < 4.78 is 0. The normalized spacial score (nSPS) is 16.0. The van der Waals surface area contributed by atoms with Crippen LogP contribution in [0.1, 0.15) is 51.1 Å². The fourth-order valence-electron chi connectivity index (χ4n) is 3.19. The second-order valence-corrected chi connectivity index (χ2v) is 6.72. The lowest BCUT2D eigenvalue weighted by Gasteiger charge is -2.26. The molecule has 0 amide bonds. The molecule has 2 N–H and O–H groups in total. The third-order valence-electron chi connectivity index (χ3n) is 4.60. The molecule has 2 heterocycles.